The van der Waals surface area contributed by atoms with Gasteiger partial charge in [0.05, 0.1) is 35.5 Å². The fourth-order valence-electron chi connectivity index (χ4n) is 3.20. The van der Waals surface area contributed by atoms with E-state index < -0.39 is 11.8 Å². The molecule has 0 N–H and O–H groups in total. The summed E-state index contributed by atoms with van der Waals surface area (Å²) < 4.78 is 5.51. The standard InChI is InChI=1S/C21H18N2O3S/c1-13-19(14(2)24)20(18-9-6-10-26-18)16(11-22)21(23-13)27-12-17(25)15-7-4-3-5-8-15/h3-10,19-20H,12H2,1-2H3/t19?,20-/m0/s1. The first-order valence-electron chi connectivity index (χ1n) is 8.47. The number of ketones is 2. The molecule has 0 aliphatic carbocycles. The quantitative estimate of drug-likeness (QED) is 0.696. The van der Waals surface area contributed by atoms with Crippen LogP contribution < -0.4 is 0 Å². The van der Waals surface area contributed by atoms with Gasteiger partial charge in [-0.15, -0.1) is 0 Å². The Bertz CT molecular complexity index is 953. The number of carbonyl (C=O) groups is 2. The molecule has 5 nitrogen and oxygen atoms in total. The van der Waals surface area contributed by atoms with Crippen LogP contribution >= 0.6 is 11.8 Å². The molecule has 0 radical (unpaired) electrons. The van der Waals surface area contributed by atoms with Crippen LogP contribution in [0.1, 0.15) is 35.9 Å². The number of furan rings is 1. The van der Waals surface area contributed by atoms with Gasteiger partial charge >= 0.3 is 0 Å². The Kier molecular flexibility index (Phi) is 5.72. The van der Waals surface area contributed by atoms with Crippen molar-refractivity contribution in [3.8, 4) is 6.07 Å². The van der Waals surface area contributed by atoms with Gasteiger partial charge in [0.15, 0.2) is 5.78 Å². The summed E-state index contributed by atoms with van der Waals surface area (Å²) in [7, 11) is 0. The van der Waals surface area contributed by atoms with E-state index in [4.69, 9.17) is 4.42 Å². The maximum atomic E-state index is 12.4. The number of benzene rings is 1. The van der Waals surface area contributed by atoms with Crippen LogP contribution in [-0.2, 0) is 4.79 Å². The van der Waals surface area contributed by atoms with Gasteiger partial charge in [-0.3, -0.25) is 9.59 Å². The Morgan fingerprint density at radius 1 is 1.22 bits per heavy atom. The third-order valence-electron chi connectivity index (χ3n) is 4.45. The van der Waals surface area contributed by atoms with E-state index in [9.17, 15) is 14.9 Å². The van der Waals surface area contributed by atoms with Crippen LogP contribution in [0.25, 0.3) is 0 Å². The number of thioether (sulfide) groups is 1. The molecule has 0 saturated carbocycles. The van der Waals surface area contributed by atoms with Crippen LogP contribution in [0, 0.1) is 17.2 Å². The Morgan fingerprint density at radius 3 is 2.56 bits per heavy atom. The van der Waals surface area contributed by atoms with Crippen molar-refractivity contribution < 1.29 is 14.0 Å². The lowest BCUT2D eigenvalue weighted by Gasteiger charge is -2.28. The maximum Gasteiger partial charge on any atom is 0.173 e. The lowest BCUT2D eigenvalue weighted by molar-refractivity contribution is -0.119. The molecule has 1 aromatic carbocycles. The minimum Gasteiger partial charge on any atom is -0.469 e. The molecule has 3 rings (SSSR count). The second kappa shape index (κ2) is 8.19. The predicted octanol–water partition coefficient (Wildman–Crippen LogP) is 4.39. The van der Waals surface area contributed by atoms with Crippen molar-refractivity contribution in [2.75, 3.05) is 5.75 Å². The minimum atomic E-state index is -0.542. The van der Waals surface area contributed by atoms with Gasteiger partial charge in [0.2, 0.25) is 0 Å². The second-order valence-corrected chi connectivity index (χ2v) is 7.21. The van der Waals surface area contributed by atoms with Crippen molar-refractivity contribution in [3.63, 3.8) is 0 Å². The first kappa shape index (κ1) is 18.9. The third-order valence-corrected chi connectivity index (χ3v) is 5.44. The Labute approximate surface area is 161 Å². The lowest BCUT2D eigenvalue weighted by Crippen LogP contribution is -2.31. The smallest absolute Gasteiger partial charge is 0.173 e. The monoisotopic (exact) mass is 378 g/mol. The lowest BCUT2D eigenvalue weighted by atomic mass is 9.78. The molecule has 1 unspecified atom stereocenters. The zero-order chi connectivity index (χ0) is 19.4. The van der Waals surface area contributed by atoms with E-state index in [1.54, 1.807) is 31.2 Å². The fourth-order valence-corrected chi connectivity index (χ4v) is 4.17. The highest BCUT2D eigenvalue weighted by Gasteiger charge is 2.39. The molecule has 136 valence electrons. The number of aliphatic imine (C=N–C) groups is 1. The molecule has 1 aromatic heterocycles. The SMILES string of the molecule is CC(=O)C1C(C)=NC(SCC(=O)c2ccccc2)=C(C#N)[C@H]1c1ccco1. The summed E-state index contributed by atoms with van der Waals surface area (Å²) in [4.78, 5) is 29.1. The summed E-state index contributed by atoms with van der Waals surface area (Å²) in [6, 6.07) is 14.7. The number of hydrogen-bond donors (Lipinski definition) is 0. The average molecular weight is 378 g/mol. The molecule has 0 spiro atoms. The summed E-state index contributed by atoms with van der Waals surface area (Å²) in [5, 5.41) is 10.2. The second-order valence-electron chi connectivity index (χ2n) is 6.24. The number of allylic oxidation sites excluding steroid dienone is 1. The van der Waals surface area contributed by atoms with Crippen LogP contribution in [-0.4, -0.2) is 23.0 Å². The van der Waals surface area contributed by atoms with Gasteiger partial charge in [0.1, 0.15) is 16.6 Å². The predicted molar refractivity (Wildman–Crippen MR) is 105 cm³/mol. The van der Waals surface area contributed by atoms with Crippen LogP contribution in [0.3, 0.4) is 0 Å². The molecule has 0 saturated heterocycles. The number of carbonyl (C=O) groups excluding carboxylic acids is 2. The minimum absolute atomic E-state index is 0.0403. The van der Waals surface area contributed by atoms with E-state index in [2.05, 4.69) is 11.1 Å². The Balaban J connectivity index is 1.93. The fraction of sp³-hybridized carbons (Fsp3) is 0.238. The molecule has 1 aliphatic heterocycles. The van der Waals surface area contributed by atoms with Crippen LogP contribution in [0.2, 0.25) is 0 Å². The highest BCUT2D eigenvalue weighted by Crippen LogP contribution is 2.42. The molecule has 0 fully saturated rings. The molecule has 0 amide bonds. The van der Waals surface area contributed by atoms with E-state index >= 15 is 0 Å². The molecular formula is C21H18N2O3S. The zero-order valence-corrected chi connectivity index (χ0v) is 15.8. The van der Waals surface area contributed by atoms with Gasteiger partial charge in [-0.1, -0.05) is 42.1 Å². The number of rotatable bonds is 6. The summed E-state index contributed by atoms with van der Waals surface area (Å²) in [6.45, 7) is 3.27. The van der Waals surface area contributed by atoms with Crippen molar-refractivity contribution in [1.29, 1.82) is 5.26 Å². The van der Waals surface area contributed by atoms with E-state index in [-0.39, 0.29) is 17.3 Å². The largest absolute Gasteiger partial charge is 0.469 e. The number of nitrogens with zero attached hydrogens (tertiary/aromatic N) is 2. The van der Waals surface area contributed by atoms with Gasteiger partial charge in [-0.05, 0) is 26.0 Å². The topological polar surface area (TPSA) is 83.4 Å². The summed E-state index contributed by atoms with van der Waals surface area (Å²) in [5.74, 6) is -0.462. The molecule has 1 aliphatic rings. The summed E-state index contributed by atoms with van der Waals surface area (Å²) in [5.41, 5.74) is 1.60. The summed E-state index contributed by atoms with van der Waals surface area (Å²) >= 11 is 1.22. The molecule has 6 heteroatoms. The van der Waals surface area contributed by atoms with E-state index in [0.717, 1.165) is 0 Å². The Morgan fingerprint density at radius 2 is 1.96 bits per heavy atom. The molecular weight excluding hydrogens is 360 g/mol. The molecule has 2 atom stereocenters. The van der Waals surface area contributed by atoms with Crippen molar-refractivity contribution in [2.45, 2.75) is 19.8 Å². The van der Waals surface area contributed by atoms with E-state index in [0.29, 0.717) is 27.6 Å². The molecule has 27 heavy (non-hydrogen) atoms. The average Bonchev–Trinajstić information content (AvgIpc) is 3.20. The van der Waals surface area contributed by atoms with Crippen LogP contribution in [0.5, 0.6) is 0 Å². The highest BCUT2D eigenvalue weighted by atomic mass is 32.2. The van der Waals surface area contributed by atoms with E-state index in [1.807, 2.05) is 18.2 Å². The van der Waals surface area contributed by atoms with Crippen molar-refractivity contribution >= 4 is 29.0 Å². The maximum absolute atomic E-state index is 12.4. The van der Waals surface area contributed by atoms with Crippen LogP contribution in [0.4, 0.5) is 0 Å². The van der Waals surface area contributed by atoms with Gasteiger partial charge in [0.25, 0.3) is 0 Å². The van der Waals surface area contributed by atoms with Gasteiger partial charge in [-0.2, -0.15) is 5.26 Å². The van der Waals surface area contributed by atoms with Crippen LogP contribution in [0.15, 0.2) is 68.7 Å². The molecule has 2 aromatic rings. The number of Topliss-reactive ketones (excluding diaryl/α,β-unsaturated/α-hetero) is 2. The molecule has 2 heterocycles. The third kappa shape index (κ3) is 3.93. The number of nitriles is 1. The normalized spacial score (nSPS) is 19.4. The van der Waals surface area contributed by atoms with Crippen molar-refractivity contribution in [2.24, 2.45) is 10.9 Å². The first-order chi connectivity index (χ1) is 13.0. The van der Waals surface area contributed by atoms with Crippen molar-refractivity contribution in [3.05, 3.63) is 70.7 Å². The van der Waals surface area contributed by atoms with Gasteiger partial charge in [-0.25, -0.2) is 4.99 Å². The number of hydrogen-bond acceptors (Lipinski definition) is 6. The zero-order valence-electron chi connectivity index (χ0n) is 15.0. The highest BCUT2D eigenvalue weighted by molar-refractivity contribution is 8.03. The first-order valence-corrected chi connectivity index (χ1v) is 9.45. The van der Waals surface area contributed by atoms with E-state index in [1.165, 1.54) is 24.9 Å². The summed E-state index contributed by atoms with van der Waals surface area (Å²) in [6.07, 6.45) is 1.52. The Hall–Kier alpha value is -2.91. The van der Waals surface area contributed by atoms with Gasteiger partial charge in [0, 0.05) is 11.3 Å². The molecule has 0 bridgehead atoms. The van der Waals surface area contributed by atoms with Crippen molar-refractivity contribution in [1.82, 2.24) is 0 Å². The van der Waals surface area contributed by atoms with Gasteiger partial charge < -0.3 is 4.42 Å².